The highest BCUT2D eigenvalue weighted by molar-refractivity contribution is 7.90. The van der Waals surface area contributed by atoms with Crippen molar-refractivity contribution in [2.24, 2.45) is 0 Å². The van der Waals surface area contributed by atoms with Crippen molar-refractivity contribution in [2.45, 2.75) is 42.7 Å². The Hall–Kier alpha value is -3.83. The van der Waals surface area contributed by atoms with Crippen molar-refractivity contribution in [3.05, 3.63) is 66.1 Å². The molecule has 1 amide bonds. The molecule has 0 unspecified atom stereocenters. The van der Waals surface area contributed by atoms with E-state index in [0.717, 1.165) is 12.8 Å². The highest BCUT2D eigenvalue weighted by Gasteiger charge is 2.25. The lowest BCUT2D eigenvalue weighted by atomic mass is 9.91. The van der Waals surface area contributed by atoms with Gasteiger partial charge in [-0.15, -0.1) is 0 Å². The number of hydrogen-bond acceptors (Lipinski definition) is 7. The molecule has 5 rings (SSSR count). The van der Waals surface area contributed by atoms with Gasteiger partial charge in [0.05, 0.1) is 18.2 Å². The number of fused-ring (bicyclic) bond motifs is 1. The van der Waals surface area contributed by atoms with Crippen molar-refractivity contribution in [3.63, 3.8) is 0 Å². The number of aromatic nitrogens is 3. The van der Waals surface area contributed by atoms with E-state index in [1.54, 1.807) is 30.3 Å². The molecule has 12 heteroatoms. The van der Waals surface area contributed by atoms with E-state index in [1.165, 1.54) is 35.6 Å². The number of anilines is 1. The average molecular weight is 556 g/mol. The lowest BCUT2D eigenvalue weighted by Crippen LogP contribution is -2.39. The lowest BCUT2D eigenvalue weighted by Gasteiger charge is -2.29. The van der Waals surface area contributed by atoms with Crippen LogP contribution in [0.25, 0.3) is 22.2 Å². The minimum atomic E-state index is -3.93. The SMILES string of the molecule is COc1cnc2c(c1)c(-c1cc(Cl)nc(N[C@H]3CC[C@H](NC(=O)O)CC3)c1)cn2S(=O)(=O)c1ccccc1. The molecule has 0 radical (unpaired) electrons. The predicted molar refractivity (Wildman–Crippen MR) is 144 cm³/mol. The zero-order valence-corrected chi connectivity index (χ0v) is 22.0. The fourth-order valence-electron chi connectivity index (χ4n) is 4.78. The molecule has 1 aliphatic carbocycles. The summed E-state index contributed by atoms with van der Waals surface area (Å²) in [5, 5.41) is 15.7. The van der Waals surface area contributed by atoms with Crippen LogP contribution >= 0.6 is 11.6 Å². The molecular formula is C26H26ClN5O5S. The number of nitrogens with zero attached hydrogens (tertiary/aromatic N) is 3. The number of hydrogen-bond donors (Lipinski definition) is 3. The first kappa shape index (κ1) is 25.8. The van der Waals surface area contributed by atoms with Gasteiger partial charge in [-0.3, -0.25) is 0 Å². The molecule has 4 aromatic rings. The molecule has 1 aliphatic rings. The summed E-state index contributed by atoms with van der Waals surface area (Å²) in [6.07, 6.45) is 4.97. The monoisotopic (exact) mass is 555 g/mol. The van der Waals surface area contributed by atoms with Gasteiger partial charge in [0, 0.05) is 29.2 Å². The van der Waals surface area contributed by atoms with Gasteiger partial charge in [-0.25, -0.2) is 27.2 Å². The quantitative estimate of drug-likeness (QED) is 0.271. The smallest absolute Gasteiger partial charge is 0.404 e. The maximum Gasteiger partial charge on any atom is 0.404 e. The van der Waals surface area contributed by atoms with Crippen LogP contribution in [0.2, 0.25) is 5.15 Å². The van der Waals surface area contributed by atoms with E-state index in [9.17, 15) is 13.2 Å². The minimum absolute atomic E-state index is 0.0615. The molecule has 3 N–H and O–H groups in total. The van der Waals surface area contributed by atoms with Crippen LogP contribution in [0.4, 0.5) is 10.6 Å². The number of amides is 1. The van der Waals surface area contributed by atoms with Gasteiger partial charge >= 0.3 is 6.09 Å². The van der Waals surface area contributed by atoms with Crippen LogP contribution in [-0.4, -0.2) is 52.8 Å². The van der Waals surface area contributed by atoms with Gasteiger partial charge < -0.3 is 20.5 Å². The minimum Gasteiger partial charge on any atom is -0.495 e. The van der Waals surface area contributed by atoms with Gasteiger partial charge in [0.1, 0.15) is 16.7 Å². The molecule has 0 bridgehead atoms. The summed E-state index contributed by atoms with van der Waals surface area (Å²) in [4.78, 5) is 19.9. The first-order valence-corrected chi connectivity index (χ1v) is 13.9. The second-order valence-electron chi connectivity index (χ2n) is 9.11. The summed E-state index contributed by atoms with van der Waals surface area (Å²) >= 11 is 6.41. The van der Waals surface area contributed by atoms with Crippen molar-refractivity contribution < 1.29 is 23.1 Å². The molecule has 1 saturated carbocycles. The summed E-state index contributed by atoms with van der Waals surface area (Å²) < 4.78 is 33.6. The number of methoxy groups -OCH3 is 1. The van der Waals surface area contributed by atoms with Gasteiger partial charge in [0.2, 0.25) is 0 Å². The fourth-order valence-corrected chi connectivity index (χ4v) is 6.34. The Labute approximate surface area is 224 Å². The second-order valence-corrected chi connectivity index (χ2v) is 11.3. The van der Waals surface area contributed by atoms with Gasteiger partial charge in [0.15, 0.2) is 5.65 Å². The van der Waals surface area contributed by atoms with Gasteiger partial charge in [-0.05, 0) is 61.6 Å². The molecule has 3 aromatic heterocycles. The summed E-state index contributed by atoms with van der Waals surface area (Å²) in [6, 6.07) is 13.4. The van der Waals surface area contributed by atoms with Crippen molar-refractivity contribution in [1.82, 2.24) is 19.3 Å². The molecule has 1 fully saturated rings. The average Bonchev–Trinajstić information content (AvgIpc) is 3.29. The molecule has 0 saturated heterocycles. The van der Waals surface area contributed by atoms with Gasteiger partial charge in [-0.2, -0.15) is 0 Å². The van der Waals surface area contributed by atoms with Crippen LogP contribution in [0.15, 0.2) is 65.8 Å². The van der Waals surface area contributed by atoms with Crippen molar-refractivity contribution >= 4 is 44.6 Å². The molecule has 38 heavy (non-hydrogen) atoms. The molecule has 0 aliphatic heterocycles. The Morgan fingerprint density at radius 2 is 1.82 bits per heavy atom. The zero-order chi connectivity index (χ0) is 26.9. The Bertz CT molecular complexity index is 1580. The van der Waals surface area contributed by atoms with Crippen LogP contribution in [0.1, 0.15) is 25.7 Å². The number of halogens is 1. The number of ether oxygens (including phenoxy) is 1. The van der Waals surface area contributed by atoms with E-state index in [0.29, 0.717) is 40.9 Å². The van der Waals surface area contributed by atoms with E-state index in [1.807, 2.05) is 6.07 Å². The normalized spacial score (nSPS) is 17.7. The Morgan fingerprint density at radius 1 is 1.11 bits per heavy atom. The number of nitrogens with one attached hydrogen (secondary N) is 2. The Kier molecular flexibility index (Phi) is 7.13. The molecular weight excluding hydrogens is 530 g/mol. The van der Waals surface area contributed by atoms with Crippen molar-refractivity contribution in [3.8, 4) is 16.9 Å². The largest absolute Gasteiger partial charge is 0.495 e. The van der Waals surface area contributed by atoms with E-state index < -0.39 is 16.1 Å². The van der Waals surface area contributed by atoms with Gasteiger partial charge in [0.25, 0.3) is 10.0 Å². The fraction of sp³-hybridized carbons (Fsp3) is 0.269. The third kappa shape index (κ3) is 5.25. The second kappa shape index (κ2) is 10.5. The predicted octanol–water partition coefficient (Wildman–Crippen LogP) is 4.99. The maximum absolute atomic E-state index is 13.5. The molecule has 0 atom stereocenters. The van der Waals surface area contributed by atoms with E-state index in [-0.39, 0.29) is 27.8 Å². The summed E-state index contributed by atoms with van der Waals surface area (Å²) in [5.74, 6) is 1.03. The summed E-state index contributed by atoms with van der Waals surface area (Å²) in [7, 11) is -2.41. The van der Waals surface area contributed by atoms with Crippen LogP contribution in [0.3, 0.4) is 0 Å². The first-order valence-electron chi connectivity index (χ1n) is 12.0. The molecule has 198 valence electrons. The van der Waals surface area contributed by atoms with Crippen LogP contribution < -0.4 is 15.4 Å². The summed E-state index contributed by atoms with van der Waals surface area (Å²) in [5.41, 5.74) is 1.53. The topological polar surface area (TPSA) is 135 Å². The third-order valence-electron chi connectivity index (χ3n) is 6.63. The highest BCUT2D eigenvalue weighted by Crippen LogP contribution is 2.36. The lowest BCUT2D eigenvalue weighted by molar-refractivity contribution is 0.185. The van der Waals surface area contributed by atoms with E-state index in [4.69, 9.17) is 21.4 Å². The Morgan fingerprint density at radius 3 is 2.50 bits per heavy atom. The molecule has 0 spiro atoms. The number of rotatable bonds is 7. The number of carbonyl (C=O) groups is 1. The number of benzene rings is 1. The standard InChI is InChI=1S/C26H26ClN5O5S/c1-37-19-13-21-22(15-32(25(21)28-14-19)38(35,36)20-5-3-2-4-6-20)16-11-23(27)31-24(12-16)29-17-7-9-18(10-8-17)30-26(33)34/h2-6,11-15,17-18,30H,7-10H2,1H3,(H,29,31)(H,33,34)/t17-,18-. The van der Waals surface area contributed by atoms with Crippen LogP contribution in [0.5, 0.6) is 5.75 Å². The highest BCUT2D eigenvalue weighted by atomic mass is 35.5. The van der Waals surface area contributed by atoms with Crippen LogP contribution in [0, 0.1) is 0 Å². The maximum atomic E-state index is 13.5. The zero-order valence-electron chi connectivity index (χ0n) is 20.5. The number of pyridine rings is 2. The molecule has 10 nitrogen and oxygen atoms in total. The van der Waals surface area contributed by atoms with Crippen molar-refractivity contribution in [1.29, 1.82) is 0 Å². The van der Waals surface area contributed by atoms with Crippen molar-refractivity contribution in [2.75, 3.05) is 12.4 Å². The number of carboxylic acid groups (broad SMARTS) is 1. The Balaban J connectivity index is 1.52. The first-order chi connectivity index (χ1) is 18.2. The third-order valence-corrected chi connectivity index (χ3v) is 8.49. The molecule has 3 heterocycles. The van der Waals surface area contributed by atoms with Crippen LogP contribution in [-0.2, 0) is 10.0 Å². The summed E-state index contributed by atoms with van der Waals surface area (Å²) in [6.45, 7) is 0. The molecule has 1 aromatic carbocycles. The van der Waals surface area contributed by atoms with E-state index in [2.05, 4.69) is 20.6 Å². The van der Waals surface area contributed by atoms with Gasteiger partial charge in [-0.1, -0.05) is 29.8 Å². The van der Waals surface area contributed by atoms with E-state index >= 15 is 0 Å².